The van der Waals surface area contributed by atoms with Gasteiger partial charge >= 0.3 is 0 Å². The Morgan fingerprint density at radius 1 is 0.938 bits per heavy atom. The quantitative estimate of drug-likeness (QED) is 0.621. The number of ether oxygens (including phenoxy) is 2. The summed E-state index contributed by atoms with van der Waals surface area (Å²) in [5, 5.41) is 0. The maximum atomic E-state index is 13.1. The maximum Gasteiger partial charge on any atom is 0.254 e. The van der Waals surface area contributed by atoms with Crippen molar-refractivity contribution >= 4 is 5.91 Å². The standard InChI is InChI=1S/C26H27FN2O3/c1-31-24-12-7-21(17-25(24)32-19-20-5-3-2-4-6-20)18-28-13-15-29(16-14-28)26(30)22-8-10-23(27)11-9-22/h2-12,17H,13-16,18-19H2,1H3/p+1. The Morgan fingerprint density at radius 2 is 1.66 bits per heavy atom. The number of hydrogen-bond donors (Lipinski definition) is 1. The van der Waals surface area contributed by atoms with E-state index in [2.05, 4.69) is 6.07 Å². The van der Waals surface area contributed by atoms with Crippen LogP contribution in [0.3, 0.4) is 0 Å². The predicted octanol–water partition coefficient (Wildman–Crippen LogP) is 2.95. The van der Waals surface area contributed by atoms with Crippen molar-refractivity contribution in [2.24, 2.45) is 0 Å². The summed E-state index contributed by atoms with van der Waals surface area (Å²) in [6.45, 7) is 4.42. The van der Waals surface area contributed by atoms with E-state index in [0.29, 0.717) is 25.3 Å². The number of halogens is 1. The summed E-state index contributed by atoms with van der Waals surface area (Å²) in [6, 6.07) is 21.9. The number of methoxy groups -OCH3 is 1. The minimum atomic E-state index is -0.331. The monoisotopic (exact) mass is 435 g/mol. The molecule has 1 heterocycles. The lowest BCUT2D eigenvalue weighted by molar-refractivity contribution is -0.917. The minimum absolute atomic E-state index is 0.0369. The van der Waals surface area contributed by atoms with Crippen LogP contribution in [0.1, 0.15) is 21.5 Å². The molecule has 32 heavy (non-hydrogen) atoms. The van der Waals surface area contributed by atoms with Crippen molar-refractivity contribution in [1.29, 1.82) is 0 Å². The number of carbonyl (C=O) groups excluding carboxylic acids is 1. The Hall–Kier alpha value is -3.38. The molecule has 6 heteroatoms. The molecule has 0 atom stereocenters. The fourth-order valence-electron chi connectivity index (χ4n) is 3.95. The lowest BCUT2D eigenvalue weighted by Gasteiger charge is -2.32. The minimum Gasteiger partial charge on any atom is -0.493 e. The molecule has 0 aromatic heterocycles. The van der Waals surface area contributed by atoms with Crippen molar-refractivity contribution < 1.29 is 23.6 Å². The number of hydrogen-bond acceptors (Lipinski definition) is 3. The summed E-state index contributed by atoms with van der Waals surface area (Å²) >= 11 is 0. The van der Waals surface area contributed by atoms with E-state index >= 15 is 0 Å². The first-order valence-corrected chi connectivity index (χ1v) is 10.8. The first-order chi connectivity index (χ1) is 15.6. The number of carbonyl (C=O) groups is 1. The van der Waals surface area contributed by atoms with Crippen molar-refractivity contribution in [1.82, 2.24) is 4.90 Å². The van der Waals surface area contributed by atoms with Gasteiger partial charge in [0.05, 0.1) is 33.3 Å². The second-order valence-electron chi connectivity index (χ2n) is 7.99. The first-order valence-electron chi connectivity index (χ1n) is 10.8. The van der Waals surface area contributed by atoms with Crippen LogP contribution in [-0.4, -0.2) is 44.1 Å². The van der Waals surface area contributed by atoms with Crippen LogP contribution < -0.4 is 14.4 Å². The first kappa shape index (κ1) is 21.8. The number of piperazine rings is 1. The van der Waals surface area contributed by atoms with E-state index in [1.807, 2.05) is 47.4 Å². The number of nitrogens with one attached hydrogen (secondary N) is 1. The van der Waals surface area contributed by atoms with Crippen LogP contribution in [-0.2, 0) is 13.2 Å². The van der Waals surface area contributed by atoms with Crippen molar-refractivity contribution in [3.63, 3.8) is 0 Å². The molecule has 1 N–H and O–H groups in total. The second-order valence-corrected chi connectivity index (χ2v) is 7.99. The fraction of sp³-hybridized carbons (Fsp3) is 0.269. The highest BCUT2D eigenvalue weighted by Gasteiger charge is 2.25. The van der Waals surface area contributed by atoms with Crippen LogP contribution in [0.2, 0.25) is 0 Å². The largest absolute Gasteiger partial charge is 0.493 e. The number of rotatable bonds is 7. The van der Waals surface area contributed by atoms with Crippen molar-refractivity contribution in [3.8, 4) is 11.5 Å². The number of nitrogens with zero attached hydrogens (tertiary/aromatic N) is 1. The Balaban J connectivity index is 1.34. The number of amides is 1. The summed E-state index contributed by atoms with van der Waals surface area (Å²) < 4.78 is 24.6. The average Bonchev–Trinajstić information content (AvgIpc) is 2.84. The lowest BCUT2D eigenvalue weighted by atomic mass is 10.1. The zero-order valence-electron chi connectivity index (χ0n) is 18.2. The van der Waals surface area contributed by atoms with Crippen molar-refractivity contribution in [2.75, 3.05) is 33.3 Å². The molecule has 0 spiro atoms. The molecular formula is C26H28FN2O3+. The molecule has 5 nitrogen and oxygen atoms in total. The van der Waals surface area contributed by atoms with Gasteiger partial charge in [0.15, 0.2) is 11.5 Å². The fourth-order valence-corrected chi connectivity index (χ4v) is 3.95. The number of benzene rings is 3. The lowest BCUT2D eigenvalue weighted by Crippen LogP contribution is -3.13. The van der Waals surface area contributed by atoms with Crippen LogP contribution in [0.25, 0.3) is 0 Å². The molecule has 0 bridgehead atoms. The van der Waals surface area contributed by atoms with E-state index < -0.39 is 0 Å². The third-order valence-electron chi connectivity index (χ3n) is 5.77. The van der Waals surface area contributed by atoms with Gasteiger partial charge in [-0.1, -0.05) is 30.3 Å². The van der Waals surface area contributed by atoms with Gasteiger partial charge in [0, 0.05) is 11.1 Å². The highest BCUT2D eigenvalue weighted by atomic mass is 19.1. The van der Waals surface area contributed by atoms with Gasteiger partial charge in [-0.05, 0) is 48.0 Å². The summed E-state index contributed by atoms with van der Waals surface area (Å²) in [5.41, 5.74) is 2.81. The summed E-state index contributed by atoms with van der Waals surface area (Å²) in [4.78, 5) is 15.9. The highest BCUT2D eigenvalue weighted by Crippen LogP contribution is 2.28. The van der Waals surface area contributed by atoms with Gasteiger partial charge in [-0.25, -0.2) is 4.39 Å². The molecular weight excluding hydrogens is 407 g/mol. The summed E-state index contributed by atoms with van der Waals surface area (Å²) in [7, 11) is 1.65. The Morgan fingerprint density at radius 3 is 2.34 bits per heavy atom. The molecule has 3 aromatic rings. The van der Waals surface area contributed by atoms with Gasteiger partial charge in [0.2, 0.25) is 0 Å². The zero-order valence-corrected chi connectivity index (χ0v) is 18.2. The summed E-state index contributed by atoms with van der Waals surface area (Å²) in [6.07, 6.45) is 0. The predicted molar refractivity (Wildman–Crippen MR) is 120 cm³/mol. The highest BCUT2D eigenvalue weighted by molar-refractivity contribution is 5.94. The SMILES string of the molecule is COc1ccc(C[NH+]2CCN(C(=O)c3ccc(F)cc3)CC2)cc1OCc1ccccc1. The van der Waals surface area contributed by atoms with Gasteiger partial charge in [-0.2, -0.15) is 0 Å². The molecule has 1 saturated heterocycles. The van der Waals surface area contributed by atoms with E-state index in [0.717, 1.165) is 36.7 Å². The third kappa shape index (κ3) is 5.45. The average molecular weight is 436 g/mol. The van der Waals surface area contributed by atoms with Gasteiger partial charge in [-0.15, -0.1) is 0 Å². The molecule has 4 rings (SSSR count). The molecule has 0 unspecified atom stereocenters. The normalized spacial score (nSPS) is 14.2. The Labute approximate surface area is 188 Å². The van der Waals surface area contributed by atoms with Crippen LogP contribution >= 0.6 is 0 Å². The van der Waals surface area contributed by atoms with Gasteiger partial charge in [0.25, 0.3) is 5.91 Å². The molecule has 166 valence electrons. The molecule has 1 aliphatic rings. The van der Waals surface area contributed by atoms with E-state index in [1.165, 1.54) is 22.6 Å². The Bertz CT molecular complexity index is 1030. The van der Waals surface area contributed by atoms with E-state index in [1.54, 1.807) is 19.2 Å². The molecule has 3 aromatic carbocycles. The molecule has 0 aliphatic carbocycles. The molecule has 0 radical (unpaired) electrons. The third-order valence-corrected chi connectivity index (χ3v) is 5.77. The van der Waals surface area contributed by atoms with Crippen LogP contribution in [0, 0.1) is 5.82 Å². The van der Waals surface area contributed by atoms with Crippen molar-refractivity contribution in [2.45, 2.75) is 13.2 Å². The smallest absolute Gasteiger partial charge is 0.254 e. The number of quaternary nitrogens is 1. The zero-order chi connectivity index (χ0) is 22.3. The van der Waals surface area contributed by atoms with Gasteiger partial charge < -0.3 is 19.3 Å². The Kier molecular flexibility index (Phi) is 7.02. The van der Waals surface area contributed by atoms with Crippen LogP contribution in [0.15, 0.2) is 72.8 Å². The van der Waals surface area contributed by atoms with Gasteiger partial charge in [-0.3, -0.25) is 4.79 Å². The maximum absolute atomic E-state index is 13.1. The molecule has 1 fully saturated rings. The van der Waals surface area contributed by atoms with Crippen LogP contribution in [0.5, 0.6) is 11.5 Å². The summed E-state index contributed by atoms with van der Waals surface area (Å²) in [5.74, 6) is 1.08. The molecule has 1 amide bonds. The van der Waals surface area contributed by atoms with Crippen molar-refractivity contribution in [3.05, 3.63) is 95.3 Å². The topological polar surface area (TPSA) is 43.2 Å². The van der Waals surface area contributed by atoms with E-state index in [9.17, 15) is 9.18 Å². The van der Waals surface area contributed by atoms with E-state index in [-0.39, 0.29) is 11.7 Å². The second kappa shape index (κ2) is 10.3. The van der Waals surface area contributed by atoms with E-state index in [4.69, 9.17) is 9.47 Å². The molecule has 1 aliphatic heterocycles. The molecule has 0 saturated carbocycles. The van der Waals surface area contributed by atoms with Gasteiger partial charge in [0.1, 0.15) is 19.0 Å². The van der Waals surface area contributed by atoms with Crippen LogP contribution in [0.4, 0.5) is 4.39 Å².